The van der Waals surface area contributed by atoms with Crippen molar-refractivity contribution in [3.63, 3.8) is 0 Å². The number of hydrogen-bond donors (Lipinski definition) is 1. The van der Waals surface area contributed by atoms with Gasteiger partial charge < -0.3 is 0 Å². The summed E-state index contributed by atoms with van der Waals surface area (Å²) in [5.41, 5.74) is -0.445. The highest BCUT2D eigenvalue weighted by Gasteiger charge is 2.30. The van der Waals surface area contributed by atoms with Gasteiger partial charge in [0.25, 0.3) is 5.69 Å². The summed E-state index contributed by atoms with van der Waals surface area (Å²) in [7, 11) is 0. The number of thiophene rings is 1. The molecule has 0 aliphatic heterocycles. The second-order valence-electron chi connectivity index (χ2n) is 4.61. The molecule has 2 aromatic heterocycles. The normalized spacial score (nSPS) is 14.3. The fourth-order valence-electron chi connectivity index (χ4n) is 1.84. The molecule has 1 N–H and O–H groups in total. The number of aromatic nitrogens is 3. The van der Waals surface area contributed by atoms with Crippen LogP contribution in [0.15, 0.2) is 20.2 Å². The highest BCUT2D eigenvalue weighted by atomic mass is 32.2. The van der Waals surface area contributed by atoms with Gasteiger partial charge in [-0.25, -0.2) is 9.89 Å². The summed E-state index contributed by atoms with van der Waals surface area (Å²) in [5, 5.41) is 17.7. The topological polar surface area (TPSA) is 111 Å². The monoisotopic (exact) mass is 326 g/mol. The van der Waals surface area contributed by atoms with E-state index in [1.807, 2.05) is 0 Å². The Labute approximate surface area is 126 Å². The van der Waals surface area contributed by atoms with Gasteiger partial charge in [-0.2, -0.15) is 0 Å². The molecule has 21 heavy (non-hydrogen) atoms. The summed E-state index contributed by atoms with van der Waals surface area (Å²) in [6, 6.07) is 1.38. The lowest BCUT2D eigenvalue weighted by atomic mass is 10.3. The third kappa shape index (κ3) is 2.63. The smallest absolute Gasteiger partial charge is 0.294 e. The summed E-state index contributed by atoms with van der Waals surface area (Å²) >= 11 is 2.09. The van der Waals surface area contributed by atoms with E-state index >= 15 is 0 Å². The first-order valence-electron chi connectivity index (χ1n) is 6.11. The van der Waals surface area contributed by atoms with E-state index in [-0.39, 0.29) is 23.2 Å². The van der Waals surface area contributed by atoms with Crippen molar-refractivity contribution >= 4 is 34.6 Å². The number of H-pyrrole nitrogens is 1. The number of Topliss-reactive ketones (excluding diaryl/α,β-unsaturated/α-hetero) is 1. The van der Waals surface area contributed by atoms with Crippen LogP contribution in [0.25, 0.3) is 0 Å². The SMILES string of the molecule is CC(=O)c1cc([N+](=O)[O-])c(Sc2n[nH]c(=O)n2C2CC2)s1. The van der Waals surface area contributed by atoms with Gasteiger partial charge in [-0.1, -0.05) is 0 Å². The van der Waals surface area contributed by atoms with E-state index in [1.54, 1.807) is 0 Å². The summed E-state index contributed by atoms with van der Waals surface area (Å²) < 4.78 is 1.87. The molecule has 8 nitrogen and oxygen atoms in total. The van der Waals surface area contributed by atoms with Crippen molar-refractivity contribution in [2.24, 2.45) is 0 Å². The van der Waals surface area contributed by atoms with Gasteiger partial charge in [-0.15, -0.1) is 16.4 Å². The number of nitrogens with zero attached hydrogens (tertiary/aromatic N) is 3. The summed E-state index contributed by atoms with van der Waals surface area (Å²) in [6.07, 6.45) is 1.80. The van der Waals surface area contributed by atoms with E-state index < -0.39 is 4.92 Å². The first-order chi connectivity index (χ1) is 9.97. The Morgan fingerprint density at radius 2 is 2.33 bits per heavy atom. The molecule has 0 bridgehead atoms. The molecule has 1 saturated carbocycles. The van der Waals surface area contributed by atoms with E-state index in [1.165, 1.54) is 17.6 Å². The van der Waals surface area contributed by atoms with Crippen molar-refractivity contribution in [3.8, 4) is 0 Å². The summed E-state index contributed by atoms with van der Waals surface area (Å²) in [4.78, 5) is 33.9. The third-order valence-corrected chi connectivity index (χ3v) is 5.38. The zero-order valence-corrected chi connectivity index (χ0v) is 12.5. The van der Waals surface area contributed by atoms with E-state index in [9.17, 15) is 19.7 Å². The number of aromatic amines is 1. The van der Waals surface area contributed by atoms with Crippen molar-refractivity contribution in [2.45, 2.75) is 35.2 Å². The Morgan fingerprint density at radius 1 is 1.62 bits per heavy atom. The Hall–Kier alpha value is -1.94. The molecule has 0 atom stereocenters. The molecule has 1 aliphatic carbocycles. The summed E-state index contributed by atoms with van der Waals surface area (Å²) in [5.74, 6) is -0.225. The number of hydrogen-bond acceptors (Lipinski definition) is 7. The Kier molecular flexibility index (Phi) is 3.41. The van der Waals surface area contributed by atoms with Gasteiger partial charge in [0.15, 0.2) is 10.9 Å². The molecular formula is C11H10N4O4S2. The van der Waals surface area contributed by atoms with Crippen LogP contribution in [0.3, 0.4) is 0 Å². The van der Waals surface area contributed by atoms with Crippen LogP contribution in [0.5, 0.6) is 0 Å². The summed E-state index contributed by atoms with van der Waals surface area (Å²) in [6.45, 7) is 1.36. The van der Waals surface area contributed by atoms with Crippen LogP contribution in [0.4, 0.5) is 5.69 Å². The largest absolute Gasteiger partial charge is 0.344 e. The fourth-order valence-corrected chi connectivity index (χ4v) is 4.08. The second-order valence-corrected chi connectivity index (χ2v) is 6.90. The van der Waals surface area contributed by atoms with E-state index in [4.69, 9.17) is 0 Å². The minimum atomic E-state index is -0.530. The minimum absolute atomic E-state index is 0.116. The molecule has 0 unspecified atom stereocenters. The minimum Gasteiger partial charge on any atom is -0.294 e. The van der Waals surface area contributed by atoms with Gasteiger partial charge >= 0.3 is 5.69 Å². The molecule has 110 valence electrons. The maximum absolute atomic E-state index is 11.7. The van der Waals surface area contributed by atoms with Gasteiger partial charge in [-0.05, 0) is 31.5 Å². The number of carbonyl (C=O) groups is 1. The number of nitro groups is 1. The quantitative estimate of drug-likeness (QED) is 0.512. The average molecular weight is 326 g/mol. The van der Waals surface area contributed by atoms with Crippen molar-refractivity contribution in [3.05, 3.63) is 31.5 Å². The molecule has 1 fully saturated rings. The molecule has 0 aromatic carbocycles. The van der Waals surface area contributed by atoms with Crippen molar-refractivity contribution in [1.82, 2.24) is 14.8 Å². The Bertz CT molecular complexity index is 786. The van der Waals surface area contributed by atoms with Gasteiger partial charge in [0.05, 0.1) is 9.80 Å². The first-order valence-corrected chi connectivity index (χ1v) is 7.74. The van der Waals surface area contributed by atoms with Crippen molar-refractivity contribution < 1.29 is 9.72 Å². The van der Waals surface area contributed by atoms with Gasteiger partial charge in [0.2, 0.25) is 0 Å². The second kappa shape index (κ2) is 5.11. The van der Waals surface area contributed by atoms with E-state index in [0.29, 0.717) is 14.2 Å². The molecule has 0 radical (unpaired) electrons. The lowest BCUT2D eigenvalue weighted by molar-refractivity contribution is -0.387. The number of ketones is 1. The third-order valence-electron chi connectivity index (χ3n) is 2.99. The number of carbonyl (C=O) groups excluding carboxylic acids is 1. The zero-order chi connectivity index (χ0) is 15.1. The predicted molar refractivity (Wildman–Crippen MR) is 76.2 cm³/mol. The van der Waals surface area contributed by atoms with Crippen LogP contribution in [0.1, 0.15) is 35.5 Å². The van der Waals surface area contributed by atoms with Crippen LogP contribution in [0.2, 0.25) is 0 Å². The Morgan fingerprint density at radius 3 is 2.90 bits per heavy atom. The van der Waals surface area contributed by atoms with Crippen molar-refractivity contribution in [1.29, 1.82) is 0 Å². The molecule has 10 heteroatoms. The van der Waals surface area contributed by atoms with Gasteiger partial charge in [-0.3, -0.25) is 19.5 Å². The van der Waals surface area contributed by atoms with Gasteiger partial charge in [0, 0.05) is 12.1 Å². The average Bonchev–Trinajstić information content (AvgIpc) is 3.04. The number of rotatable bonds is 5. The van der Waals surface area contributed by atoms with Crippen LogP contribution >= 0.6 is 23.1 Å². The molecule has 0 saturated heterocycles. The molecule has 0 amide bonds. The van der Waals surface area contributed by atoms with Gasteiger partial charge in [0.1, 0.15) is 4.21 Å². The van der Waals surface area contributed by atoms with Crippen LogP contribution in [-0.4, -0.2) is 25.5 Å². The standard InChI is InChI=1S/C11H10N4O4S2/c1-5(16)8-4-7(15(18)19)9(20-8)21-11-13-12-10(17)14(11)6-2-3-6/h4,6H,2-3H2,1H3,(H,12,17). The Balaban J connectivity index is 1.99. The molecule has 3 rings (SSSR count). The van der Waals surface area contributed by atoms with Crippen LogP contribution in [0, 0.1) is 10.1 Å². The first kappa shape index (κ1) is 14.0. The number of nitrogens with one attached hydrogen (secondary N) is 1. The van der Waals surface area contributed by atoms with E-state index in [0.717, 1.165) is 35.9 Å². The highest BCUT2D eigenvalue weighted by Crippen LogP contribution is 2.43. The lowest BCUT2D eigenvalue weighted by Crippen LogP contribution is -2.15. The van der Waals surface area contributed by atoms with E-state index in [2.05, 4.69) is 10.2 Å². The lowest BCUT2D eigenvalue weighted by Gasteiger charge is -2.01. The predicted octanol–water partition coefficient (Wildman–Crippen LogP) is 2.23. The maximum atomic E-state index is 11.7. The maximum Gasteiger partial charge on any atom is 0.344 e. The molecular weight excluding hydrogens is 316 g/mol. The highest BCUT2D eigenvalue weighted by molar-refractivity contribution is 8.01. The van der Waals surface area contributed by atoms with Crippen LogP contribution < -0.4 is 5.69 Å². The fraction of sp³-hybridized carbons (Fsp3) is 0.364. The molecule has 1 aliphatic rings. The molecule has 0 spiro atoms. The van der Waals surface area contributed by atoms with Crippen molar-refractivity contribution in [2.75, 3.05) is 0 Å². The molecule has 2 aromatic rings. The zero-order valence-electron chi connectivity index (χ0n) is 10.9. The van der Waals surface area contributed by atoms with Crippen LogP contribution in [-0.2, 0) is 0 Å². The molecule has 2 heterocycles.